The third kappa shape index (κ3) is 6.35. The molecule has 2 rings (SSSR count). The fraction of sp³-hybridized carbons (Fsp3) is 0.263. The van der Waals surface area contributed by atoms with E-state index >= 15 is 0 Å². The highest BCUT2D eigenvalue weighted by molar-refractivity contribution is 6.55. The molecule has 0 aromatic heterocycles. The van der Waals surface area contributed by atoms with E-state index in [-0.39, 0.29) is 17.2 Å². The van der Waals surface area contributed by atoms with Gasteiger partial charge < -0.3 is 14.2 Å². The molecule has 0 unspecified atom stereocenters. The van der Waals surface area contributed by atoms with Gasteiger partial charge in [0.25, 0.3) is 0 Å². The lowest BCUT2D eigenvalue weighted by Gasteiger charge is -2.13. The summed E-state index contributed by atoms with van der Waals surface area (Å²) in [6.45, 7) is 6.12. The fourth-order valence-electron chi connectivity index (χ4n) is 2.04. The van der Waals surface area contributed by atoms with Crippen molar-refractivity contribution in [2.45, 2.75) is 26.9 Å². The summed E-state index contributed by atoms with van der Waals surface area (Å²) < 4.78 is 17.2. The number of ether oxygens (including phenoxy) is 3. The van der Waals surface area contributed by atoms with Crippen LogP contribution in [0.15, 0.2) is 47.0 Å². The van der Waals surface area contributed by atoms with Crippen LogP contribution in [0.1, 0.15) is 19.4 Å². The highest BCUT2D eigenvalue weighted by Gasteiger charge is 2.09. The highest BCUT2D eigenvalue weighted by Crippen LogP contribution is 2.35. The van der Waals surface area contributed by atoms with Crippen LogP contribution in [0.2, 0.25) is 5.02 Å². The van der Waals surface area contributed by atoms with Crippen molar-refractivity contribution in [1.29, 1.82) is 0 Å². The largest absolute Gasteiger partial charge is 0.491 e. The molecule has 0 heterocycles. The Hall–Kier alpha value is -1.55. The van der Waals surface area contributed by atoms with E-state index in [0.29, 0.717) is 22.3 Å². The number of rotatable bonds is 7. The molecule has 0 saturated carbocycles. The van der Waals surface area contributed by atoms with Crippen molar-refractivity contribution in [1.82, 2.24) is 0 Å². The lowest BCUT2D eigenvalue weighted by molar-refractivity contribution is 0.242. The molecule has 0 bridgehead atoms. The van der Waals surface area contributed by atoms with Gasteiger partial charge in [-0.05, 0) is 62.7 Å². The van der Waals surface area contributed by atoms with Crippen LogP contribution >= 0.6 is 34.8 Å². The molecule has 0 saturated heterocycles. The summed E-state index contributed by atoms with van der Waals surface area (Å²) in [6, 6.07) is 11.0. The lowest BCUT2D eigenvalue weighted by Crippen LogP contribution is -2.05. The predicted molar refractivity (Wildman–Crippen MR) is 104 cm³/mol. The first kappa shape index (κ1) is 19.8. The summed E-state index contributed by atoms with van der Waals surface area (Å²) in [5, 5.41) is 0.444. The van der Waals surface area contributed by atoms with Crippen molar-refractivity contribution in [3.05, 3.63) is 57.6 Å². The van der Waals surface area contributed by atoms with Gasteiger partial charge >= 0.3 is 0 Å². The van der Waals surface area contributed by atoms with E-state index in [1.807, 2.05) is 51.1 Å². The van der Waals surface area contributed by atoms with Crippen LogP contribution in [0, 0.1) is 6.92 Å². The quantitative estimate of drug-likeness (QED) is 0.503. The van der Waals surface area contributed by atoms with E-state index < -0.39 is 0 Å². The van der Waals surface area contributed by atoms with Gasteiger partial charge in [0.05, 0.1) is 11.1 Å². The van der Waals surface area contributed by atoms with Gasteiger partial charge in [-0.2, -0.15) is 0 Å². The van der Waals surface area contributed by atoms with Crippen LogP contribution in [0.4, 0.5) is 0 Å². The molecule has 134 valence electrons. The van der Waals surface area contributed by atoms with Crippen molar-refractivity contribution >= 4 is 34.8 Å². The monoisotopic (exact) mass is 400 g/mol. The molecule has 2 aromatic carbocycles. The molecule has 0 amide bonds. The number of aryl methyl sites for hydroxylation is 1. The van der Waals surface area contributed by atoms with Gasteiger partial charge in [-0.25, -0.2) is 0 Å². The van der Waals surface area contributed by atoms with Crippen molar-refractivity contribution in [3.8, 4) is 23.0 Å². The van der Waals surface area contributed by atoms with Crippen LogP contribution in [0.5, 0.6) is 23.0 Å². The molecular weight excluding hydrogens is 383 g/mol. The Morgan fingerprint density at radius 1 is 1.04 bits per heavy atom. The van der Waals surface area contributed by atoms with E-state index in [4.69, 9.17) is 49.0 Å². The number of hydrogen-bond donors (Lipinski definition) is 0. The van der Waals surface area contributed by atoms with Crippen molar-refractivity contribution < 1.29 is 14.2 Å². The Bertz CT molecular complexity index is 736. The summed E-state index contributed by atoms with van der Waals surface area (Å²) in [6.07, 6.45) is 1.67. The van der Waals surface area contributed by atoms with Gasteiger partial charge in [0.1, 0.15) is 34.1 Å². The second-order valence-electron chi connectivity index (χ2n) is 5.59. The lowest BCUT2D eigenvalue weighted by atomic mass is 10.2. The van der Waals surface area contributed by atoms with Crippen molar-refractivity contribution in [3.63, 3.8) is 0 Å². The molecular formula is C19H19Cl3O3. The molecule has 25 heavy (non-hydrogen) atoms. The minimum absolute atomic E-state index is 0.129. The first-order valence-corrected chi connectivity index (χ1v) is 8.87. The Labute approximate surface area is 163 Å². The minimum Gasteiger partial charge on any atom is -0.491 e. The summed E-state index contributed by atoms with van der Waals surface area (Å²) in [7, 11) is 0. The summed E-state index contributed by atoms with van der Waals surface area (Å²) in [5.41, 5.74) is 0.892. The van der Waals surface area contributed by atoms with Crippen molar-refractivity contribution in [2.75, 3.05) is 6.61 Å². The summed E-state index contributed by atoms with van der Waals surface area (Å²) in [5.74, 6) is 2.69. The van der Waals surface area contributed by atoms with Gasteiger partial charge in [-0.1, -0.05) is 34.8 Å². The van der Waals surface area contributed by atoms with Crippen LogP contribution in [-0.4, -0.2) is 12.7 Å². The molecule has 0 radical (unpaired) electrons. The minimum atomic E-state index is 0.129. The third-order valence-corrected chi connectivity index (χ3v) is 3.73. The third-order valence-electron chi connectivity index (χ3n) is 3.13. The Balaban J connectivity index is 2.09. The van der Waals surface area contributed by atoms with Gasteiger partial charge in [-0.3, -0.25) is 0 Å². The first-order chi connectivity index (χ1) is 11.8. The zero-order valence-electron chi connectivity index (χ0n) is 14.2. The molecule has 0 spiro atoms. The maximum absolute atomic E-state index is 6.25. The van der Waals surface area contributed by atoms with Gasteiger partial charge in [0.2, 0.25) is 0 Å². The molecule has 0 aliphatic rings. The standard InChI is InChI=1S/C19H19Cl3O3/c1-12(2)24-14-4-6-15(7-5-14)25-17-11-16(20)18(10-13(17)3)23-9-8-19(21)22/h4-8,10-12H,9H2,1-3H3. The smallest absolute Gasteiger partial charge is 0.138 e. The zero-order valence-corrected chi connectivity index (χ0v) is 16.5. The zero-order chi connectivity index (χ0) is 18.4. The summed E-state index contributed by atoms with van der Waals surface area (Å²) in [4.78, 5) is 0. The normalized spacial score (nSPS) is 10.5. The maximum atomic E-state index is 6.25. The van der Waals surface area contributed by atoms with Gasteiger partial charge in [-0.15, -0.1) is 0 Å². The molecule has 6 heteroatoms. The van der Waals surface area contributed by atoms with Gasteiger partial charge in [0, 0.05) is 6.07 Å². The highest BCUT2D eigenvalue weighted by atomic mass is 35.5. The molecule has 0 N–H and O–H groups in total. The molecule has 0 aliphatic heterocycles. The maximum Gasteiger partial charge on any atom is 0.138 e. The van der Waals surface area contributed by atoms with Crippen LogP contribution in [0.25, 0.3) is 0 Å². The molecule has 0 atom stereocenters. The molecule has 0 aliphatic carbocycles. The van der Waals surface area contributed by atoms with E-state index in [9.17, 15) is 0 Å². The molecule has 3 nitrogen and oxygen atoms in total. The van der Waals surface area contributed by atoms with Crippen LogP contribution in [-0.2, 0) is 0 Å². The molecule has 0 fully saturated rings. The van der Waals surface area contributed by atoms with E-state index in [1.165, 1.54) is 0 Å². The van der Waals surface area contributed by atoms with Crippen LogP contribution < -0.4 is 14.2 Å². The predicted octanol–water partition coefficient (Wildman–Crippen LogP) is 6.93. The SMILES string of the molecule is Cc1cc(OCC=C(Cl)Cl)c(Cl)cc1Oc1ccc(OC(C)C)cc1. The number of halogens is 3. The Kier molecular flexibility index (Phi) is 7.30. The summed E-state index contributed by atoms with van der Waals surface area (Å²) >= 11 is 17.4. The first-order valence-electron chi connectivity index (χ1n) is 7.74. The van der Waals surface area contributed by atoms with Gasteiger partial charge in [0.15, 0.2) is 0 Å². The fourth-order valence-corrected chi connectivity index (χ4v) is 2.37. The van der Waals surface area contributed by atoms with Crippen molar-refractivity contribution in [2.24, 2.45) is 0 Å². The Morgan fingerprint density at radius 3 is 2.28 bits per heavy atom. The van der Waals surface area contributed by atoms with E-state index in [2.05, 4.69) is 0 Å². The Morgan fingerprint density at radius 2 is 1.68 bits per heavy atom. The van der Waals surface area contributed by atoms with Crippen LogP contribution in [0.3, 0.4) is 0 Å². The second kappa shape index (κ2) is 9.23. The van der Waals surface area contributed by atoms with E-state index in [1.54, 1.807) is 12.1 Å². The average molecular weight is 402 g/mol. The van der Waals surface area contributed by atoms with E-state index in [0.717, 1.165) is 11.3 Å². The topological polar surface area (TPSA) is 27.7 Å². The number of benzene rings is 2. The number of hydrogen-bond acceptors (Lipinski definition) is 3. The average Bonchev–Trinajstić information content (AvgIpc) is 2.53. The second-order valence-corrected chi connectivity index (χ2v) is 7.01. The molecule has 2 aromatic rings.